The van der Waals surface area contributed by atoms with Crippen LogP contribution in [-0.4, -0.2) is 46.3 Å². The van der Waals surface area contributed by atoms with Crippen LogP contribution in [0.15, 0.2) is 17.1 Å². The second-order valence-corrected chi connectivity index (χ2v) is 10.5. The van der Waals surface area contributed by atoms with Crippen molar-refractivity contribution in [2.45, 2.75) is 83.9 Å². The molecule has 1 unspecified atom stereocenters. The number of halogens is 2. The molecule has 198 valence electrons. The van der Waals surface area contributed by atoms with Gasteiger partial charge in [-0.1, -0.05) is 11.8 Å². The number of rotatable bonds is 5. The summed E-state index contributed by atoms with van der Waals surface area (Å²) in [5, 5.41) is -0.104. The zero-order chi connectivity index (χ0) is 26.9. The van der Waals surface area contributed by atoms with Crippen LogP contribution in [0.5, 0.6) is 0 Å². The number of pyridine rings is 1. The highest BCUT2D eigenvalue weighted by atomic mass is 19.2. The van der Waals surface area contributed by atoms with Crippen molar-refractivity contribution in [1.29, 1.82) is 0 Å². The van der Waals surface area contributed by atoms with Crippen LogP contribution < -0.4 is 5.43 Å². The Morgan fingerprint density at radius 3 is 2.57 bits per heavy atom. The number of amides is 1. The molecule has 2 heterocycles. The summed E-state index contributed by atoms with van der Waals surface area (Å²) >= 11 is 0. The summed E-state index contributed by atoms with van der Waals surface area (Å²) in [4.78, 5) is 39.6. The number of carbonyl (C=O) groups is 2. The lowest BCUT2D eigenvalue weighted by atomic mass is 10.0. The van der Waals surface area contributed by atoms with Crippen molar-refractivity contribution in [2.24, 2.45) is 0 Å². The lowest BCUT2D eigenvalue weighted by molar-refractivity contribution is 0.0221. The highest BCUT2D eigenvalue weighted by molar-refractivity contribution is 5.95. The van der Waals surface area contributed by atoms with Gasteiger partial charge >= 0.3 is 12.1 Å². The molecule has 2 fully saturated rings. The number of esters is 1. The topological polar surface area (TPSA) is 77.8 Å². The van der Waals surface area contributed by atoms with Crippen LogP contribution in [0.25, 0.3) is 10.9 Å². The van der Waals surface area contributed by atoms with E-state index in [0.29, 0.717) is 19.4 Å². The highest BCUT2D eigenvalue weighted by Crippen LogP contribution is 2.38. The van der Waals surface area contributed by atoms with Crippen LogP contribution in [0.2, 0.25) is 0 Å². The molecule has 1 aliphatic heterocycles. The van der Waals surface area contributed by atoms with Gasteiger partial charge < -0.3 is 18.9 Å². The van der Waals surface area contributed by atoms with E-state index in [4.69, 9.17) is 9.47 Å². The first-order valence-electron chi connectivity index (χ1n) is 12.7. The maximum absolute atomic E-state index is 15.0. The van der Waals surface area contributed by atoms with Crippen LogP contribution >= 0.6 is 0 Å². The molecule has 4 rings (SSSR count). The number of aromatic nitrogens is 1. The minimum Gasteiger partial charge on any atom is -0.462 e. The standard InChI is InChI=1S/C28H32F2N2O5/c1-5-36-26(34)21-16-32(18-12-13-18)24-19(23(30)22(29)15-20(24)25(21)33)11-7-6-9-17-10-8-14-31(17)27(35)37-28(2,3)4/h15-18H,5-6,8-10,12-14H2,1-4H3. The number of nitrogens with zero attached hydrogens (tertiary/aromatic N) is 2. The van der Waals surface area contributed by atoms with E-state index in [1.807, 2.05) is 20.8 Å². The van der Waals surface area contributed by atoms with E-state index in [1.165, 1.54) is 6.20 Å². The lowest BCUT2D eigenvalue weighted by Crippen LogP contribution is -2.39. The molecule has 1 aromatic carbocycles. The molecule has 0 bridgehead atoms. The molecule has 1 atom stereocenters. The maximum Gasteiger partial charge on any atom is 0.410 e. The quantitative estimate of drug-likeness (QED) is 0.399. The van der Waals surface area contributed by atoms with Gasteiger partial charge in [-0.15, -0.1) is 0 Å². The fourth-order valence-corrected chi connectivity index (χ4v) is 4.66. The van der Waals surface area contributed by atoms with E-state index in [-0.39, 0.29) is 46.8 Å². The molecule has 1 saturated carbocycles. The molecule has 7 nitrogen and oxygen atoms in total. The number of hydrogen-bond donors (Lipinski definition) is 0. The second-order valence-electron chi connectivity index (χ2n) is 10.5. The summed E-state index contributed by atoms with van der Waals surface area (Å²) in [5.41, 5.74) is -1.54. The van der Waals surface area contributed by atoms with Crippen LogP contribution in [0.3, 0.4) is 0 Å². The van der Waals surface area contributed by atoms with Gasteiger partial charge in [-0.05, 0) is 65.9 Å². The predicted octanol–water partition coefficient (Wildman–Crippen LogP) is 5.32. The highest BCUT2D eigenvalue weighted by Gasteiger charge is 2.32. The Hall–Kier alpha value is -3.41. The Kier molecular flexibility index (Phi) is 7.58. The van der Waals surface area contributed by atoms with Crippen molar-refractivity contribution in [3.63, 3.8) is 0 Å². The van der Waals surface area contributed by atoms with E-state index in [2.05, 4.69) is 11.8 Å². The Bertz CT molecular complexity index is 1350. The Morgan fingerprint density at radius 1 is 1.19 bits per heavy atom. The molecule has 1 amide bonds. The summed E-state index contributed by atoms with van der Waals surface area (Å²) in [5.74, 6) is 2.54. The number of fused-ring (bicyclic) bond motifs is 1. The van der Waals surface area contributed by atoms with Gasteiger partial charge in [0.25, 0.3) is 0 Å². The Labute approximate surface area is 214 Å². The average Bonchev–Trinajstić information content (AvgIpc) is 3.55. The first-order chi connectivity index (χ1) is 17.5. The second kappa shape index (κ2) is 10.5. The molecule has 1 saturated heterocycles. The summed E-state index contributed by atoms with van der Waals surface area (Å²) in [6.07, 6.45) is 5.16. The molecule has 0 N–H and O–H groups in total. The summed E-state index contributed by atoms with van der Waals surface area (Å²) < 4.78 is 41.7. The van der Waals surface area contributed by atoms with Crippen LogP contribution in [0.1, 0.15) is 88.2 Å². The third-order valence-electron chi connectivity index (χ3n) is 6.46. The average molecular weight is 515 g/mol. The molecule has 0 spiro atoms. The number of carbonyl (C=O) groups excluding carboxylic acids is 2. The van der Waals surface area contributed by atoms with E-state index in [1.54, 1.807) is 16.4 Å². The minimum absolute atomic E-state index is 0.0393. The van der Waals surface area contributed by atoms with Crippen LogP contribution in [-0.2, 0) is 9.47 Å². The molecule has 1 aromatic heterocycles. The minimum atomic E-state index is -1.20. The Morgan fingerprint density at radius 2 is 1.92 bits per heavy atom. The normalized spacial score (nSPS) is 17.5. The molecular weight excluding hydrogens is 482 g/mol. The van der Waals surface area contributed by atoms with Gasteiger partial charge in [-0.25, -0.2) is 18.4 Å². The fourth-order valence-electron chi connectivity index (χ4n) is 4.66. The largest absolute Gasteiger partial charge is 0.462 e. The van der Waals surface area contributed by atoms with Gasteiger partial charge in [0.2, 0.25) is 5.43 Å². The van der Waals surface area contributed by atoms with Gasteiger partial charge in [0, 0.05) is 31.2 Å². The molecule has 1 aliphatic carbocycles. The number of ether oxygens (including phenoxy) is 2. The van der Waals surface area contributed by atoms with Crippen molar-refractivity contribution in [3.8, 4) is 11.8 Å². The molecule has 2 aromatic rings. The van der Waals surface area contributed by atoms with Crippen molar-refractivity contribution in [1.82, 2.24) is 9.47 Å². The first-order valence-corrected chi connectivity index (χ1v) is 12.7. The maximum atomic E-state index is 15.0. The summed E-state index contributed by atoms with van der Waals surface area (Å²) in [7, 11) is 0. The van der Waals surface area contributed by atoms with Gasteiger partial charge in [-0.3, -0.25) is 4.79 Å². The fraction of sp³-hybridized carbons (Fsp3) is 0.536. The van der Waals surface area contributed by atoms with E-state index in [0.717, 1.165) is 31.7 Å². The smallest absolute Gasteiger partial charge is 0.410 e. The molecule has 0 radical (unpaired) electrons. The van der Waals surface area contributed by atoms with Gasteiger partial charge in [0.05, 0.1) is 23.1 Å². The van der Waals surface area contributed by atoms with E-state index < -0.39 is 28.6 Å². The predicted molar refractivity (Wildman–Crippen MR) is 134 cm³/mol. The zero-order valence-electron chi connectivity index (χ0n) is 21.7. The van der Waals surface area contributed by atoms with E-state index in [9.17, 15) is 18.8 Å². The van der Waals surface area contributed by atoms with Gasteiger partial charge in [0.1, 0.15) is 11.2 Å². The molecular formula is C28H32F2N2O5. The van der Waals surface area contributed by atoms with Crippen molar-refractivity contribution >= 4 is 23.0 Å². The van der Waals surface area contributed by atoms with Crippen LogP contribution in [0, 0.1) is 23.5 Å². The molecule has 9 heteroatoms. The number of benzene rings is 1. The van der Waals surface area contributed by atoms with Crippen molar-refractivity contribution < 1.29 is 27.8 Å². The van der Waals surface area contributed by atoms with E-state index >= 15 is 4.39 Å². The van der Waals surface area contributed by atoms with Crippen LogP contribution in [0.4, 0.5) is 13.6 Å². The molecule has 37 heavy (non-hydrogen) atoms. The van der Waals surface area contributed by atoms with Gasteiger partial charge in [-0.2, -0.15) is 0 Å². The monoisotopic (exact) mass is 514 g/mol. The van der Waals surface area contributed by atoms with Crippen molar-refractivity contribution in [2.75, 3.05) is 13.2 Å². The number of hydrogen-bond acceptors (Lipinski definition) is 5. The lowest BCUT2D eigenvalue weighted by Gasteiger charge is -2.28. The van der Waals surface area contributed by atoms with Gasteiger partial charge in [0.15, 0.2) is 11.6 Å². The van der Waals surface area contributed by atoms with Crippen molar-refractivity contribution in [3.05, 3.63) is 45.2 Å². The SMILES string of the molecule is CCOC(=O)c1cn(C2CC2)c2c(C#CCCC3CCCN3C(=O)OC(C)(C)C)c(F)c(F)cc2c1=O. The molecule has 2 aliphatic rings. The third kappa shape index (κ3) is 5.79. The summed E-state index contributed by atoms with van der Waals surface area (Å²) in [6.45, 7) is 7.76. The summed E-state index contributed by atoms with van der Waals surface area (Å²) in [6, 6.07) is 0.745. The zero-order valence-corrected chi connectivity index (χ0v) is 21.7. The Balaban J connectivity index is 1.64. The third-order valence-corrected chi connectivity index (χ3v) is 6.46. The first kappa shape index (κ1) is 26.6. The number of likely N-dealkylation sites (tertiary alicyclic amines) is 1.